The van der Waals surface area contributed by atoms with Crippen molar-refractivity contribution in [3.05, 3.63) is 24.3 Å². The quantitative estimate of drug-likeness (QED) is 0.868. The first-order valence-electron chi connectivity index (χ1n) is 5.19. The fourth-order valence-electron chi connectivity index (χ4n) is 1.14. The van der Waals surface area contributed by atoms with Crippen LogP contribution in [0.1, 0.15) is 13.8 Å². The Balaban J connectivity index is 2.59. The van der Waals surface area contributed by atoms with Crippen molar-refractivity contribution in [2.24, 2.45) is 0 Å². The summed E-state index contributed by atoms with van der Waals surface area (Å²) in [5, 5.41) is 10.9. The van der Waals surface area contributed by atoms with Crippen molar-refractivity contribution in [1.82, 2.24) is 0 Å². The smallest absolute Gasteiger partial charge is 0.411 e. The van der Waals surface area contributed by atoms with Crippen LogP contribution in [0.4, 0.5) is 10.5 Å². The number of ether oxygens (including phenoxy) is 2. The van der Waals surface area contributed by atoms with Crippen LogP contribution in [0.25, 0.3) is 0 Å². The number of carbonyl (C=O) groups is 1. The Hall–Kier alpha value is -2.22. The van der Waals surface area contributed by atoms with Crippen molar-refractivity contribution in [1.29, 1.82) is 5.26 Å². The summed E-state index contributed by atoms with van der Waals surface area (Å²) in [5.41, 5.74) is 0.561. The van der Waals surface area contributed by atoms with Gasteiger partial charge < -0.3 is 9.47 Å². The fraction of sp³-hybridized carbons (Fsp3) is 0.333. The molecule has 0 aromatic heterocycles. The van der Waals surface area contributed by atoms with Crippen LogP contribution in [0.2, 0.25) is 0 Å². The molecule has 1 amide bonds. The Labute approximate surface area is 100.0 Å². The van der Waals surface area contributed by atoms with Crippen molar-refractivity contribution >= 4 is 11.8 Å². The van der Waals surface area contributed by atoms with Crippen LogP contribution in [0.5, 0.6) is 5.75 Å². The van der Waals surface area contributed by atoms with Crippen LogP contribution in [-0.2, 0) is 4.74 Å². The third-order valence-corrected chi connectivity index (χ3v) is 1.73. The molecule has 0 heterocycles. The molecule has 1 aromatic rings. The van der Waals surface area contributed by atoms with Gasteiger partial charge >= 0.3 is 6.09 Å². The SMILES string of the molecule is CC(C)OC(=O)Nc1cccc(OCC#N)c1. The summed E-state index contributed by atoms with van der Waals surface area (Å²) in [6, 6.07) is 8.63. The molecule has 0 saturated heterocycles. The van der Waals surface area contributed by atoms with E-state index >= 15 is 0 Å². The maximum atomic E-state index is 11.3. The molecule has 0 atom stereocenters. The minimum Gasteiger partial charge on any atom is -0.479 e. The van der Waals surface area contributed by atoms with Crippen molar-refractivity contribution in [3.63, 3.8) is 0 Å². The van der Waals surface area contributed by atoms with E-state index in [0.29, 0.717) is 11.4 Å². The van der Waals surface area contributed by atoms with E-state index in [-0.39, 0.29) is 12.7 Å². The summed E-state index contributed by atoms with van der Waals surface area (Å²) in [5.74, 6) is 0.522. The van der Waals surface area contributed by atoms with Gasteiger partial charge in [-0.25, -0.2) is 4.79 Å². The average Bonchev–Trinajstić information content (AvgIpc) is 2.25. The molecular weight excluding hydrogens is 220 g/mol. The van der Waals surface area contributed by atoms with Crippen LogP contribution < -0.4 is 10.1 Å². The summed E-state index contributed by atoms with van der Waals surface area (Å²) in [6.45, 7) is 3.51. The first-order chi connectivity index (χ1) is 8.11. The van der Waals surface area contributed by atoms with Gasteiger partial charge in [-0.05, 0) is 26.0 Å². The van der Waals surface area contributed by atoms with Gasteiger partial charge in [-0.2, -0.15) is 5.26 Å². The molecule has 0 radical (unpaired) electrons. The molecule has 0 fully saturated rings. The first kappa shape index (κ1) is 12.8. The van der Waals surface area contributed by atoms with E-state index in [0.717, 1.165) is 0 Å². The second-order valence-electron chi connectivity index (χ2n) is 3.55. The van der Waals surface area contributed by atoms with E-state index in [4.69, 9.17) is 14.7 Å². The Morgan fingerprint density at radius 1 is 1.53 bits per heavy atom. The zero-order valence-electron chi connectivity index (χ0n) is 9.77. The lowest BCUT2D eigenvalue weighted by Gasteiger charge is -2.10. The van der Waals surface area contributed by atoms with E-state index in [9.17, 15) is 4.79 Å². The predicted molar refractivity (Wildman–Crippen MR) is 62.8 cm³/mol. The minimum absolute atomic E-state index is 0.0279. The number of amides is 1. The number of nitriles is 1. The molecule has 0 aliphatic rings. The summed E-state index contributed by atoms with van der Waals surface area (Å²) in [6.07, 6.45) is -0.689. The Morgan fingerprint density at radius 2 is 2.29 bits per heavy atom. The molecule has 5 heteroatoms. The molecule has 0 aliphatic heterocycles. The summed E-state index contributed by atoms with van der Waals surface area (Å²) >= 11 is 0. The van der Waals surface area contributed by atoms with Crippen molar-refractivity contribution in [3.8, 4) is 11.8 Å². The topological polar surface area (TPSA) is 71.3 Å². The zero-order chi connectivity index (χ0) is 12.7. The van der Waals surface area contributed by atoms with Crippen LogP contribution in [0.3, 0.4) is 0 Å². The number of nitrogens with zero attached hydrogens (tertiary/aromatic N) is 1. The molecule has 0 unspecified atom stereocenters. The van der Waals surface area contributed by atoms with Crippen molar-refractivity contribution < 1.29 is 14.3 Å². The molecule has 90 valence electrons. The van der Waals surface area contributed by atoms with E-state index in [1.165, 1.54) is 0 Å². The third kappa shape index (κ3) is 4.89. The number of benzene rings is 1. The van der Waals surface area contributed by atoms with Crippen LogP contribution >= 0.6 is 0 Å². The highest BCUT2D eigenvalue weighted by Gasteiger charge is 2.05. The lowest BCUT2D eigenvalue weighted by atomic mass is 10.3. The Bertz CT molecular complexity index is 424. The second-order valence-corrected chi connectivity index (χ2v) is 3.55. The van der Waals surface area contributed by atoms with Crippen molar-refractivity contribution in [2.45, 2.75) is 20.0 Å². The summed E-state index contributed by atoms with van der Waals surface area (Å²) in [7, 11) is 0. The lowest BCUT2D eigenvalue weighted by Crippen LogP contribution is -2.17. The molecule has 5 nitrogen and oxygen atoms in total. The highest BCUT2D eigenvalue weighted by molar-refractivity contribution is 5.84. The highest BCUT2D eigenvalue weighted by Crippen LogP contribution is 2.17. The molecule has 0 bridgehead atoms. The van der Waals surface area contributed by atoms with Crippen LogP contribution in [0, 0.1) is 11.3 Å². The number of nitrogens with one attached hydrogen (secondary N) is 1. The summed E-state index contributed by atoms with van der Waals surface area (Å²) in [4.78, 5) is 11.3. The highest BCUT2D eigenvalue weighted by atomic mass is 16.6. The van der Waals surface area contributed by atoms with Gasteiger partial charge in [0, 0.05) is 11.8 Å². The predicted octanol–water partition coefficient (Wildman–Crippen LogP) is 2.55. The van der Waals surface area contributed by atoms with E-state index in [2.05, 4.69) is 5.32 Å². The molecule has 0 aliphatic carbocycles. The second kappa shape index (κ2) is 6.38. The van der Waals surface area contributed by atoms with Crippen LogP contribution in [-0.4, -0.2) is 18.8 Å². The molecular formula is C12H14N2O3. The first-order valence-corrected chi connectivity index (χ1v) is 5.19. The van der Waals surface area contributed by atoms with Gasteiger partial charge in [0.15, 0.2) is 6.61 Å². The fourth-order valence-corrected chi connectivity index (χ4v) is 1.14. The van der Waals surface area contributed by atoms with Gasteiger partial charge in [-0.3, -0.25) is 5.32 Å². The van der Waals surface area contributed by atoms with Crippen LogP contribution in [0.15, 0.2) is 24.3 Å². The van der Waals surface area contributed by atoms with Crippen molar-refractivity contribution in [2.75, 3.05) is 11.9 Å². The number of rotatable bonds is 4. The van der Waals surface area contributed by atoms with Gasteiger partial charge in [0.2, 0.25) is 0 Å². The Kier molecular flexibility index (Phi) is 4.82. The van der Waals surface area contributed by atoms with Gasteiger partial charge in [-0.15, -0.1) is 0 Å². The molecule has 0 spiro atoms. The number of anilines is 1. The number of hydrogen-bond acceptors (Lipinski definition) is 4. The van der Waals surface area contributed by atoms with Gasteiger partial charge in [0.1, 0.15) is 11.8 Å². The average molecular weight is 234 g/mol. The molecule has 1 rings (SSSR count). The number of hydrogen-bond donors (Lipinski definition) is 1. The molecule has 1 N–H and O–H groups in total. The largest absolute Gasteiger partial charge is 0.479 e. The maximum Gasteiger partial charge on any atom is 0.411 e. The summed E-state index contributed by atoms with van der Waals surface area (Å²) < 4.78 is 10.0. The number of carbonyl (C=O) groups excluding carboxylic acids is 1. The maximum absolute atomic E-state index is 11.3. The standard InChI is InChI=1S/C12H14N2O3/c1-9(2)17-12(15)14-10-4-3-5-11(8-10)16-7-6-13/h3-5,8-9H,7H2,1-2H3,(H,14,15). The molecule has 1 aromatic carbocycles. The Morgan fingerprint density at radius 3 is 2.94 bits per heavy atom. The monoisotopic (exact) mass is 234 g/mol. The van der Waals surface area contributed by atoms with E-state index in [1.807, 2.05) is 6.07 Å². The van der Waals surface area contributed by atoms with E-state index < -0.39 is 6.09 Å². The minimum atomic E-state index is -0.516. The van der Waals surface area contributed by atoms with Gasteiger partial charge in [0.05, 0.1) is 6.10 Å². The van der Waals surface area contributed by atoms with Gasteiger partial charge in [0.25, 0.3) is 0 Å². The third-order valence-electron chi connectivity index (χ3n) is 1.73. The normalized spacial score (nSPS) is 9.53. The van der Waals surface area contributed by atoms with E-state index in [1.54, 1.807) is 38.1 Å². The molecule has 0 saturated carbocycles. The zero-order valence-corrected chi connectivity index (χ0v) is 9.77. The van der Waals surface area contributed by atoms with Gasteiger partial charge in [-0.1, -0.05) is 6.07 Å². The molecule has 17 heavy (non-hydrogen) atoms. The lowest BCUT2D eigenvalue weighted by molar-refractivity contribution is 0.130.